The van der Waals surface area contributed by atoms with Gasteiger partial charge in [0.05, 0.1) is 66.1 Å². The second-order valence-electron chi connectivity index (χ2n) is 6.44. The van der Waals surface area contributed by atoms with Gasteiger partial charge in [0.15, 0.2) is 11.5 Å². The van der Waals surface area contributed by atoms with E-state index >= 15 is 0 Å². The van der Waals surface area contributed by atoms with Crippen molar-refractivity contribution in [1.82, 2.24) is 0 Å². The van der Waals surface area contributed by atoms with Crippen molar-refractivity contribution in [1.29, 1.82) is 0 Å². The van der Waals surface area contributed by atoms with Crippen LogP contribution in [0.25, 0.3) is 0 Å². The van der Waals surface area contributed by atoms with Crippen LogP contribution in [0.15, 0.2) is 12.1 Å². The molecule has 0 aliphatic carbocycles. The highest BCUT2D eigenvalue weighted by Gasteiger charge is 2.16. The first kappa shape index (κ1) is 28.4. The highest BCUT2D eigenvalue weighted by Crippen LogP contribution is 2.39. The van der Waals surface area contributed by atoms with Crippen molar-refractivity contribution in [2.45, 2.75) is 6.61 Å². The first-order valence-corrected chi connectivity index (χ1v) is 10.6. The van der Waals surface area contributed by atoms with E-state index in [-0.39, 0.29) is 6.61 Å². The van der Waals surface area contributed by atoms with E-state index in [1.54, 1.807) is 33.5 Å². The molecular weight excluding hydrogens is 424 g/mol. The minimum Gasteiger partial charge on any atom is -0.487 e. The van der Waals surface area contributed by atoms with Crippen LogP contribution < -0.4 is 14.2 Å². The maximum atomic E-state index is 9.65. The first-order valence-electron chi connectivity index (χ1n) is 10.6. The van der Waals surface area contributed by atoms with Crippen molar-refractivity contribution < 1.29 is 47.7 Å². The van der Waals surface area contributed by atoms with Gasteiger partial charge in [-0.15, -0.1) is 0 Å². The largest absolute Gasteiger partial charge is 0.487 e. The average Bonchev–Trinajstić information content (AvgIpc) is 2.81. The van der Waals surface area contributed by atoms with Gasteiger partial charge in [-0.3, -0.25) is 0 Å². The van der Waals surface area contributed by atoms with Crippen molar-refractivity contribution in [2.75, 3.05) is 101 Å². The molecule has 1 N–H and O–H groups in total. The molecule has 0 aromatic heterocycles. The van der Waals surface area contributed by atoms with Crippen LogP contribution in [-0.4, -0.2) is 106 Å². The van der Waals surface area contributed by atoms with Gasteiger partial charge < -0.3 is 47.7 Å². The second-order valence-corrected chi connectivity index (χ2v) is 6.44. The molecule has 0 aliphatic rings. The fraction of sp³-hybridized carbons (Fsp3) is 0.727. The smallest absolute Gasteiger partial charge is 0.203 e. The molecule has 0 unspecified atom stereocenters. The van der Waals surface area contributed by atoms with Gasteiger partial charge in [0.2, 0.25) is 5.75 Å². The molecule has 0 bridgehead atoms. The molecule has 10 nitrogen and oxygen atoms in total. The minimum atomic E-state index is -0.165. The van der Waals surface area contributed by atoms with Crippen LogP contribution in [0.5, 0.6) is 17.2 Å². The Labute approximate surface area is 190 Å². The van der Waals surface area contributed by atoms with Crippen LogP contribution in [0.2, 0.25) is 0 Å². The van der Waals surface area contributed by atoms with Crippen LogP contribution in [0.3, 0.4) is 0 Å². The summed E-state index contributed by atoms with van der Waals surface area (Å²) in [5, 5.41) is 9.65. The number of aliphatic hydroxyl groups excluding tert-OH is 1. The normalized spacial score (nSPS) is 11.0. The standard InChI is InChI=1S/C22H38O10/c1-24-4-7-27-10-13-30-20-16-19(18-23)17-21(31-14-11-28-8-5-25-2)22(20)32-15-12-29-9-6-26-3/h16-17,23H,4-15,18H2,1-3H3. The summed E-state index contributed by atoms with van der Waals surface area (Å²) >= 11 is 0. The van der Waals surface area contributed by atoms with Gasteiger partial charge in [0, 0.05) is 21.3 Å². The molecule has 0 radical (unpaired) electrons. The van der Waals surface area contributed by atoms with Crippen LogP contribution >= 0.6 is 0 Å². The summed E-state index contributed by atoms with van der Waals surface area (Å²) in [4.78, 5) is 0. The van der Waals surface area contributed by atoms with Crippen molar-refractivity contribution >= 4 is 0 Å². The van der Waals surface area contributed by atoms with E-state index < -0.39 is 0 Å². The molecule has 0 saturated carbocycles. The molecular formula is C22H38O10. The van der Waals surface area contributed by atoms with Gasteiger partial charge in [-0.2, -0.15) is 0 Å². The van der Waals surface area contributed by atoms with Gasteiger partial charge in [-0.25, -0.2) is 0 Å². The summed E-state index contributed by atoms with van der Waals surface area (Å²) in [5.74, 6) is 1.35. The lowest BCUT2D eigenvalue weighted by Gasteiger charge is -2.18. The quantitative estimate of drug-likeness (QED) is 0.254. The number of hydrogen-bond acceptors (Lipinski definition) is 10. The Hall–Kier alpha value is -1.66. The molecule has 186 valence electrons. The van der Waals surface area contributed by atoms with Crippen molar-refractivity contribution in [2.24, 2.45) is 0 Å². The number of hydrogen-bond donors (Lipinski definition) is 1. The molecule has 0 fully saturated rings. The molecule has 0 heterocycles. The lowest BCUT2D eigenvalue weighted by atomic mass is 10.2. The molecule has 1 aromatic rings. The first-order chi connectivity index (χ1) is 15.8. The summed E-state index contributed by atoms with van der Waals surface area (Å²) in [5.41, 5.74) is 0.638. The summed E-state index contributed by atoms with van der Waals surface area (Å²) < 4.78 is 48.9. The molecule has 0 atom stereocenters. The van der Waals surface area contributed by atoms with Crippen molar-refractivity contribution in [3.8, 4) is 17.2 Å². The Morgan fingerprint density at radius 1 is 0.531 bits per heavy atom. The fourth-order valence-electron chi connectivity index (χ4n) is 2.44. The number of benzene rings is 1. The van der Waals surface area contributed by atoms with Gasteiger partial charge in [-0.1, -0.05) is 0 Å². The zero-order valence-electron chi connectivity index (χ0n) is 19.5. The van der Waals surface area contributed by atoms with E-state index in [1.807, 2.05) is 0 Å². The fourth-order valence-corrected chi connectivity index (χ4v) is 2.44. The van der Waals surface area contributed by atoms with Gasteiger partial charge in [0.25, 0.3) is 0 Å². The lowest BCUT2D eigenvalue weighted by Crippen LogP contribution is -2.14. The average molecular weight is 463 g/mol. The number of ether oxygens (including phenoxy) is 9. The Bertz CT molecular complexity index is 533. The summed E-state index contributed by atoms with van der Waals surface area (Å²) in [6, 6.07) is 3.44. The third kappa shape index (κ3) is 13.0. The third-order valence-electron chi connectivity index (χ3n) is 4.00. The Morgan fingerprint density at radius 3 is 1.28 bits per heavy atom. The predicted octanol–water partition coefficient (Wildman–Crippen LogP) is 1.30. The van der Waals surface area contributed by atoms with Crippen LogP contribution in [0.4, 0.5) is 0 Å². The Balaban J connectivity index is 2.74. The zero-order chi connectivity index (χ0) is 23.3. The van der Waals surface area contributed by atoms with E-state index in [4.69, 9.17) is 42.6 Å². The van der Waals surface area contributed by atoms with E-state index in [1.165, 1.54) is 0 Å². The predicted molar refractivity (Wildman–Crippen MR) is 117 cm³/mol. The maximum Gasteiger partial charge on any atom is 0.203 e. The van der Waals surface area contributed by atoms with E-state index in [2.05, 4.69) is 0 Å². The van der Waals surface area contributed by atoms with Crippen LogP contribution in [0, 0.1) is 0 Å². The number of rotatable bonds is 22. The van der Waals surface area contributed by atoms with Gasteiger partial charge in [0.1, 0.15) is 19.8 Å². The Kier molecular flexibility index (Phi) is 17.7. The monoisotopic (exact) mass is 462 g/mol. The van der Waals surface area contributed by atoms with E-state index in [0.717, 1.165) is 0 Å². The van der Waals surface area contributed by atoms with Gasteiger partial charge >= 0.3 is 0 Å². The van der Waals surface area contributed by atoms with E-state index in [9.17, 15) is 5.11 Å². The highest BCUT2D eigenvalue weighted by molar-refractivity contribution is 5.54. The number of aliphatic hydroxyl groups is 1. The molecule has 1 aromatic carbocycles. The Morgan fingerprint density at radius 2 is 0.906 bits per heavy atom. The summed E-state index contributed by atoms with van der Waals surface area (Å²) in [7, 11) is 4.85. The maximum absolute atomic E-state index is 9.65. The zero-order valence-corrected chi connectivity index (χ0v) is 19.5. The van der Waals surface area contributed by atoms with Crippen LogP contribution in [-0.2, 0) is 35.0 Å². The topological polar surface area (TPSA) is 103 Å². The second kappa shape index (κ2) is 20.0. The molecule has 0 saturated heterocycles. The summed E-state index contributed by atoms with van der Waals surface area (Å²) in [6.45, 7) is 4.88. The van der Waals surface area contributed by atoms with E-state index in [0.29, 0.717) is 102 Å². The molecule has 32 heavy (non-hydrogen) atoms. The molecule has 10 heteroatoms. The van der Waals surface area contributed by atoms with Crippen molar-refractivity contribution in [3.05, 3.63) is 17.7 Å². The van der Waals surface area contributed by atoms with Gasteiger partial charge in [-0.05, 0) is 17.7 Å². The van der Waals surface area contributed by atoms with Crippen LogP contribution in [0.1, 0.15) is 5.56 Å². The van der Waals surface area contributed by atoms with Crippen molar-refractivity contribution in [3.63, 3.8) is 0 Å². The lowest BCUT2D eigenvalue weighted by molar-refractivity contribution is 0.0468. The number of methoxy groups -OCH3 is 3. The molecule has 0 amide bonds. The molecule has 0 aliphatic heterocycles. The molecule has 0 spiro atoms. The summed E-state index contributed by atoms with van der Waals surface area (Å²) in [6.07, 6.45) is 0. The molecule has 1 rings (SSSR count). The minimum absolute atomic E-state index is 0.165. The SMILES string of the molecule is COCCOCCOc1cc(CO)cc(OCCOCCOC)c1OCCOCCOC. The third-order valence-corrected chi connectivity index (χ3v) is 4.00. The highest BCUT2D eigenvalue weighted by atomic mass is 16.6.